The average molecular weight is 334 g/mol. The zero-order chi connectivity index (χ0) is 16.7. The quantitative estimate of drug-likeness (QED) is 0.809. The topological polar surface area (TPSA) is 47.6 Å². The molecule has 4 nitrogen and oxygen atoms in total. The van der Waals surface area contributed by atoms with E-state index in [0.29, 0.717) is 35.2 Å². The highest BCUT2D eigenvalue weighted by Crippen LogP contribution is 2.24. The Bertz CT molecular complexity index is 643. The summed E-state index contributed by atoms with van der Waals surface area (Å²) in [5, 5.41) is 3.49. The van der Waals surface area contributed by atoms with Gasteiger partial charge in [0.1, 0.15) is 11.5 Å². The first-order chi connectivity index (χ1) is 11.1. The first-order valence-corrected chi connectivity index (χ1v) is 7.96. The number of nitrogens with one attached hydrogen (secondary N) is 1. The van der Waals surface area contributed by atoms with Gasteiger partial charge in [0, 0.05) is 5.02 Å². The highest BCUT2D eigenvalue weighted by Gasteiger charge is 2.19. The third-order valence-electron chi connectivity index (χ3n) is 3.20. The van der Waals surface area contributed by atoms with Crippen LogP contribution in [-0.4, -0.2) is 18.6 Å². The monoisotopic (exact) mass is 333 g/mol. The van der Waals surface area contributed by atoms with Crippen molar-refractivity contribution in [3.8, 4) is 11.5 Å². The summed E-state index contributed by atoms with van der Waals surface area (Å²) in [5.41, 5.74) is 0.637. The lowest BCUT2D eigenvalue weighted by molar-refractivity contribution is -0.122. The van der Waals surface area contributed by atoms with E-state index in [2.05, 4.69) is 5.32 Å². The molecule has 2 aromatic rings. The molecule has 1 N–H and O–H groups in total. The molecule has 0 aromatic heterocycles. The summed E-state index contributed by atoms with van der Waals surface area (Å²) in [7, 11) is 0. The van der Waals surface area contributed by atoms with Crippen LogP contribution >= 0.6 is 11.6 Å². The van der Waals surface area contributed by atoms with Gasteiger partial charge in [-0.3, -0.25) is 4.79 Å². The van der Waals surface area contributed by atoms with Gasteiger partial charge < -0.3 is 14.8 Å². The number of ether oxygens (including phenoxy) is 2. The second-order valence-corrected chi connectivity index (χ2v) is 5.32. The second kappa shape index (κ2) is 8.44. The van der Waals surface area contributed by atoms with E-state index < -0.39 is 6.10 Å². The van der Waals surface area contributed by atoms with Gasteiger partial charge in [-0.1, -0.05) is 30.7 Å². The number of rotatable bonds is 7. The van der Waals surface area contributed by atoms with Crippen molar-refractivity contribution in [1.82, 2.24) is 0 Å². The van der Waals surface area contributed by atoms with E-state index in [1.165, 1.54) is 0 Å². The SMILES string of the molecule is CCOc1ccccc1NC(=O)C(CC)Oc1ccc(Cl)cc1. The number of hydrogen-bond acceptors (Lipinski definition) is 3. The first kappa shape index (κ1) is 17.2. The third kappa shape index (κ3) is 4.89. The summed E-state index contributed by atoms with van der Waals surface area (Å²) in [6, 6.07) is 14.3. The molecule has 1 amide bonds. The molecule has 5 heteroatoms. The summed E-state index contributed by atoms with van der Waals surface area (Å²) in [6.45, 7) is 4.33. The van der Waals surface area contributed by atoms with E-state index in [9.17, 15) is 4.79 Å². The number of amides is 1. The molecule has 0 bridgehead atoms. The summed E-state index contributed by atoms with van der Waals surface area (Å²) in [5.74, 6) is 1.04. The number of hydrogen-bond donors (Lipinski definition) is 1. The molecule has 0 spiro atoms. The fourth-order valence-corrected chi connectivity index (χ4v) is 2.19. The van der Waals surface area contributed by atoms with Gasteiger partial charge in [-0.25, -0.2) is 0 Å². The number of anilines is 1. The Balaban J connectivity index is 2.06. The van der Waals surface area contributed by atoms with Crippen LogP contribution in [0.25, 0.3) is 0 Å². The van der Waals surface area contributed by atoms with Crippen molar-refractivity contribution in [1.29, 1.82) is 0 Å². The van der Waals surface area contributed by atoms with Crippen molar-refractivity contribution in [2.75, 3.05) is 11.9 Å². The minimum atomic E-state index is -0.592. The van der Waals surface area contributed by atoms with Gasteiger partial charge in [-0.2, -0.15) is 0 Å². The summed E-state index contributed by atoms with van der Waals surface area (Å²) in [4.78, 5) is 12.5. The Morgan fingerprint density at radius 3 is 2.48 bits per heavy atom. The Morgan fingerprint density at radius 1 is 1.13 bits per heavy atom. The zero-order valence-corrected chi connectivity index (χ0v) is 14.0. The Morgan fingerprint density at radius 2 is 1.83 bits per heavy atom. The number of benzene rings is 2. The van der Waals surface area contributed by atoms with Gasteiger partial charge in [0.05, 0.1) is 12.3 Å². The Hall–Kier alpha value is -2.20. The van der Waals surface area contributed by atoms with Crippen LogP contribution in [0.3, 0.4) is 0 Å². The van der Waals surface area contributed by atoms with Crippen LogP contribution < -0.4 is 14.8 Å². The molecule has 1 unspecified atom stereocenters. The molecule has 0 radical (unpaired) electrons. The third-order valence-corrected chi connectivity index (χ3v) is 3.45. The van der Waals surface area contributed by atoms with Crippen LogP contribution in [0.1, 0.15) is 20.3 Å². The highest BCUT2D eigenvalue weighted by molar-refractivity contribution is 6.30. The standard InChI is InChI=1S/C18H20ClNO3/c1-3-16(23-14-11-9-13(19)10-12-14)18(21)20-15-7-5-6-8-17(15)22-4-2/h5-12,16H,3-4H2,1-2H3,(H,20,21). The average Bonchev–Trinajstić information content (AvgIpc) is 2.56. The lowest BCUT2D eigenvalue weighted by Gasteiger charge is -2.18. The summed E-state index contributed by atoms with van der Waals surface area (Å²) in [6.07, 6.45) is -0.0449. The molecule has 0 aliphatic rings. The van der Waals surface area contributed by atoms with E-state index in [1.807, 2.05) is 32.0 Å². The predicted octanol–water partition coefficient (Wildman–Crippen LogP) is 4.53. The maximum atomic E-state index is 12.5. The van der Waals surface area contributed by atoms with Gasteiger partial charge in [0.2, 0.25) is 0 Å². The number of carbonyl (C=O) groups is 1. The summed E-state index contributed by atoms with van der Waals surface area (Å²) >= 11 is 5.85. The van der Waals surface area contributed by atoms with E-state index in [4.69, 9.17) is 21.1 Å². The maximum Gasteiger partial charge on any atom is 0.265 e. The van der Waals surface area contributed by atoms with Crippen molar-refractivity contribution < 1.29 is 14.3 Å². The van der Waals surface area contributed by atoms with Crippen molar-refractivity contribution in [2.45, 2.75) is 26.4 Å². The summed E-state index contributed by atoms with van der Waals surface area (Å²) < 4.78 is 11.3. The van der Waals surface area contributed by atoms with Crippen LogP contribution in [-0.2, 0) is 4.79 Å². The van der Waals surface area contributed by atoms with Crippen LogP contribution in [0, 0.1) is 0 Å². The van der Waals surface area contributed by atoms with Gasteiger partial charge in [0.25, 0.3) is 5.91 Å². The molecule has 1 atom stereocenters. The Labute approximate surface area is 141 Å². The first-order valence-electron chi connectivity index (χ1n) is 7.59. The zero-order valence-electron chi connectivity index (χ0n) is 13.2. The predicted molar refractivity (Wildman–Crippen MR) is 92.4 cm³/mol. The van der Waals surface area contributed by atoms with Crippen molar-refractivity contribution in [3.05, 3.63) is 53.6 Å². The minimum absolute atomic E-state index is 0.213. The molecule has 0 heterocycles. The Kier molecular flexibility index (Phi) is 6.29. The minimum Gasteiger partial charge on any atom is -0.492 e. The molecule has 0 saturated carbocycles. The van der Waals surface area contributed by atoms with Crippen molar-refractivity contribution >= 4 is 23.2 Å². The molecular formula is C18H20ClNO3. The molecular weight excluding hydrogens is 314 g/mol. The number of para-hydroxylation sites is 2. The van der Waals surface area contributed by atoms with E-state index in [0.717, 1.165) is 0 Å². The normalized spacial score (nSPS) is 11.6. The van der Waals surface area contributed by atoms with Gasteiger partial charge in [0.15, 0.2) is 6.10 Å². The lowest BCUT2D eigenvalue weighted by atomic mass is 10.2. The van der Waals surface area contributed by atoms with Crippen LogP contribution in [0.2, 0.25) is 5.02 Å². The van der Waals surface area contributed by atoms with Gasteiger partial charge >= 0.3 is 0 Å². The molecule has 2 rings (SSSR count). The molecule has 0 aliphatic carbocycles. The smallest absolute Gasteiger partial charge is 0.265 e. The van der Waals surface area contributed by atoms with Gasteiger partial charge in [-0.05, 0) is 49.7 Å². The fraction of sp³-hybridized carbons (Fsp3) is 0.278. The lowest BCUT2D eigenvalue weighted by Crippen LogP contribution is -2.32. The molecule has 122 valence electrons. The van der Waals surface area contributed by atoms with Crippen LogP contribution in [0.4, 0.5) is 5.69 Å². The largest absolute Gasteiger partial charge is 0.492 e. The number of carbonyl (C=O) groups excluding carboxylic acids is 1. The molecule has 0 saturated heterocycles. The van der Waals surface area contributed by atoms with E-state index >= 15 is 0 Å². The molecule has 23 heavy (non-hydrogen) atoms. The fourth-order valence-electron chi connectivity index (χ4n) is 2.06. The maximum absolute atomic E-state index is 12.5. The van der Waals surface area contributed by atoms with Crippen molar-refractivity contribution in [2.24, 2.45) is 0 Å². The van der Waals surface area contributed by atoms with Crippen LogP contribution in [0.5, 0.6) is 11.5 Å². The van der Waals surface area contributed by atoms with Crippen molar-refractivity contribution in [3.63, 3.8) is 0 Å². The highest BCUT2D eigenvalue weighted by atomic mass is 35.5. The molecule has 0 aliphatic heterocycles. The van der Waals surface area contributed by atoms with E-state index in [1.54, 1.807) is 30.3 Å². The van der Waals surface area contributed by atoms with E-state index in [-0.39, 0.29) is 5.91 Å². The second-order valence-electron chi connectivity index (χ2n) is 4.89. The van der Waals surface area contributed by atoms with Crippen LogP contribution in [0.15, 0.2) is 48.5 Å². The number of halogens is 1. The van der Waals surface area contributed by atoms with Gasteiger partial charge in [-0.15, -0.1) is 0 Å². The molecule has 0 fully saturated rings. The molecule has 2 aromatic carbocycles.